The molecule has 0 bridgehead atoms. The van der Waals surface area contributed by atoms with Gasteiger partial charge in [-0.1, -0.05) is 24.3 Å². The van der Waals surface area contributed by atoms with Crippen LogP contribution in [0.2, 0.25) is 0 Å². The van der Waals surface area contributed by atoms with E-state index < -0.39 is 0 Å². The molecule has 0 radical (unpaired) electrons. The topological polar surface area (TPSA) is 56.2 Å². The summed E-state index contributed by atoms with van der Waals surface area (Å²) in [5, 5.41) is 8.49. The van der Waals surface area contributed by atoms with E-state index in [1.807, 2.05) is 28.8 Å². The number of fused-ring (bicyclic) bond motifs is 1. The maximum Gasteiger partial charge on any atom is 0.161 e. The van der Waals surface area contributed by atoms with Gasteiger partial charge in [0.05, 0.1) is 0 Å². The Morgan fingerprint density at radius 1 is 1.16 bits per heavy atom. The molecular weight excluding hydrogens is 236 g/mol. The summed E-state index contributed by atoms with van der Waals surface area (Å²) >= 11 is 0. The Morgan fingerprint density at radius 2 is 2.00 bits per heavy atom. The van der Waals surface area contributed by atoms with Crippen LogP contribution >= 0.6 is 0 Å². The fourth-order valence-electron chi connectivity index (χ4n) is 2.21. The standard InChI is InChI=1S/C15H16N4/c1-11-4-2-3-5-13(11)9-15-18-17-14-8-12(10-16)6-7-19(14)15/h2-8H,9-10,16H2,1H3. The number of nitrogens with zero attached hydrogens (tertiary/aromatic N) is 3. The Bertz CT molecular complexity index is 715. The smallest absolute Gasteiger partial charge is 0.161 e. The monoisotopic (exact) mass is 252 g/mol. The average molecular weight is 252 g/mol. The minimum Gasteiger partial charge on any atom is -0.326 e. The van der Waals surface area contributed by atoms with Crippen molar-refractivity contribution >= 4 is 5.65 Å². The van der Waals surface area contributed by atoms with Gasteiger partial charge in [0.25, 0.3) is 0 Å². The quantitative estimate of drug-likeness (QED) is 0.776. The van der Waals surface area contributed by atoms with Gasteiger partial charge >= 0.3 is 0 Å². The first-order valence-electron chi connectivity index (χ1n) is 6.35. The molecule has 3 rings (SSSR count). The lowest BCUT2D eigenvalue weighted by atomic mass is 10.1. The maximum absolute atomic E-state index is 5.63. The molecule has 0 aliphatic heterocycles. The van der Waals surface area contributed by atoms with Crippen LogP contribution in [0.25, 0.3) is 5.65 Å². The lowest BCUT2D eigenvalue weighted by molar-refractivity contribution is 0.926. The van der Waals surface area contributed by atoms with Crippen molar-refractivity contribution in [1.29, 1.82) is 0 Å². The van der Waals surface area contributed by atoms with Gasteiger partial charge in [0.1, 0.15) is 5.82 Å². The van der Waals surface area contributed by atoms with Crippen molar-refractivity contribution in [2.75, 3.05) is 0 Å². The second kappa shape index (κ2) is 4.82. The summed E-state index contributed by atoms with van der Waals surface area (Å²) in [7, 11) is 0. The highest BCUT2D eigenvalue weighted by molar-refractivity contribution is 5.42. The molecular formula is C15H16N4. The van der Waals surface area contributed by atoms with Gasteiger partial charge in [-0.05, 0) is 35.7 Å². The number of aromatic nitrogens is 3. The van der Waals surface area contributed by atoms with Crippen molar-refractivity contribution < 1.29 is 0 Å². The van der Waals surface area contributed by atoms with Crippen molar-refractivity contribution in [2.45, 2.75) is 19.9 Å². The second-order valence-corrected chi connectivity index (χ2v) is 4.69. The number of aryl methyl sites for hydroxylation is 1. The molecule has 4 nitrogen and oxygen atoms in total. The predicted octanol–water partition coefficient (Wildman–Crippen LogP) is 2.09. The zero-order valence-corrected chi connectivity index (χ0v) is 10.9. The number of pyridine rings is 1. The van der Waals surface area contributed by atoms with Gasteiger partial charge in [0, 0.05) is 19.2 Å². The summed E-state index contributed by atoms with van der Waals surface area (Å²) in [6.07, 6.45) is 2.78. The summed E-state index contributed by atoms with van der Waals surface area (Å²) in [5.41, 5.74) is 10.1. The van der Waals surface area contributed by atoms with E-state index in [9.17, 15) is 0 Å². The molecule has 96 valence electrons. The van der Waals surface area contributed by atoms with E-state index in [2.05, 4.69) is 35.3 Å². The van der Waals surface area contributed by atoms with E-state index in [4.69, 9.17) is 5.73 Å². The second-order valence-electron chi connectivity index (χ2n) is 4.69. The van der Waals surface area contributed by atoms with E-state index >= 15 is 0 Å². The molecule has 0 saturated heterocycles. The van der Waals surface area contributed by atoms with Gasteiger partial charge in [-0.3, -0.25) is 4.40 Å². The highest BCUT2D eigenvalue weighted by Crippen LogP contribution is 2.14. The molecule has 19 heavy (non-hydrogen) atoms. The highest BCUT2D eigenvalue weighted by Gasteiger charge is 2.07. The molecule has 2 heterocycles. The van der Waals surface area contributed by atoms with Crippen molar-refractivity contribution in [3.63, 3.8) is 0 Å². The maximum atomic E-state index is 5.63. The molecule has 2 aromatic heterocycles. The highest BCUT2D eigenvalue weighted by atomic mass is 15.2. The van der Waals surface area contributed by atoms with Gasteiger partial charge in [-0.2, -0.15) is 0 Å². The van der Waals surface area contributed by atoms with Gasteiger partial charge in [0.2, 0.25) is 0 Å². The molecule has 0 spiro atoms. The molecule has 2 N–H and O–H groups in total. The number of nitrogens with two attached hydrogens (primary N) is 1. The molecule has 0 aliphatic rings. The zero-order valence-electron chi connectivity index (χ0n) is 10.9. The first-order valence-corrected chi connectivity index (χ1v) is 6.35. The van der Waals surface area contributed by atoms with Crippen molar-refractivity contribution in [3.8, 4) is 0 Å². The lowest BCUT2D eigenvalue weighted by Gasteiger charge is -2.04. The SMILES string of the molecule is Cc1ccccc1Cc1nnc2cc(CN)ccn12. The van der Waals surface area contributed by atoms with Gasteiger partial charge < -0.3 is 5.73 Å². The first-order chi connectivity index (χ1) is 9.28. The van der Waals surface area contributed by atoms with E-state index in [0.717, 1.165) is 23.5 Å². The number of benzene rings is 1. The summed E-state index contributed by atoms with van der Waals surface area (Å²) in [6, 6.07) is 12.3. The van der Waals surface area contributed by atoms with Crippen LogP contribution in [0.5, 0.6) is 0 Å². The number of rotatable bonds is 3. The normalized spacial score (nSPS) is 11.1. The van der Waals surface area contributed by atoms with Crippen molar-refractivity contribution in [3.05, 3.63) is 65.1 Å². The molecule has 3 aromatic rings. The predicted molar refractivity (Wildman–Crippen MR) is 74.9 cm³/mol. The van der Waals surface area contributed by atoms with E-state index in [-0.39, 0.29) is 0 Å². The molecule has 0 saturated carbocycles. The molecule has 0 fully saturated rings. The van der Waals surface area contributed by atoms with Crippen LogP contribution < -0.4 is 5.73 Å². The van der Waals surface area contributed by atoms with Crippen molar-refractivity contribution in [2.24, 2.45) is 5.73 Å². The van der Waals surface area contributed by atoms with E-state index in [1.54, 1.807) is 0 Å². The third-order valence-corrected chi connectivity index (χ3v) is 3.39. The van der Waals surface area contributed by atoms with Gasteiger partial charge in [-0.25, -0.2) is 0 Å². The minimum absolute atomic E-state index is 0.524. The summed E-state index contributed by atoms with van der Waals surface area (Å²) < 4.78 is 2.02. The van der Waals surface area contributed by atoms with Gasteiger partial charge in [0.15, 0.2) is 5.65 Å². The summed E-state index contributed by atoms with van der Waals surface area (Å²) in [6.45, 7) is 2.64. The molecule has 0 unspecified atom stereocenters. The number of hydrogen-bond acceptors (Lipinski definition) is 3. The molecule has 0 amide bonds. The van der Waals surface area contributed by atoms with Crippen LogP contribution in [0.1, 0.15) is 22.5 Å². The minimum atomic E-state index is 0.524. The Morgan fingerprint density at radius 3 is 2.79 bits per heavy atom. The van der Waals surface area contributed by atoms with E-state index in [1.165, 1.54) is 11.1 Å². The zero-order chi connectivity index (χ0) is 13.2. The average Bonchev–Trinajstić information content (AvgIpc) is 2.83. The summed E-state index contributed by atoms with van der Waals surface area (Å²) in [4.78, 5) is 0. The third kappa shape index (κ3) is 2.22. The Labute approximate surface area is 111 Å². The van der Waals surface area contributed by atoms with Crippen LogP contribution in [0, 0.1) is 6.92 Å². The Balaban J connectivity index is 2.00. The first kappa shape index (κ1) is 11.9. The fourth-order valence-corrected chi connectivity index (χ4v) is 2.21. The fraction of sp³-hybridized carbons (Fsp3) is 0.200. The van der Waals surface area contributed by atoms with Gasteiger partial charge in [-0.15, -0.1) is 10.2 Å². The molecule has 0 atom stereocenters. The molecule has 4 heteroatoms. The van der Waals surface area contributed by atoms with Crippen LogP contribution in [0.3, 0.4) is 0 Å². The van der Waals surface area contributed by atoms with Crippen LogP contribution in [-0.2, 0) is 13.0 Å². The summed E-state index contributed by atoms with van der Waals surface area (Å²) in [5.74, 6) is 0.952. The van der Waals surface area contributed by atoms with Crippen LogP contribution in [-0.4, -0.2) is 14.6 Å². The molecule has 1 aromatic carbocycles. The van der Waals surface area contributed by atoms with Crippen molar-refractivity contribution in [1.82, 2.24) is 14.6 Å². The lowest BCUT2D eigenvalue weighted by Crippen LogP contribution is -2.00. The van der Waals surface area contributed by atoms with E-state index in [0.29, 0.717) is 6.54 Å². The third-order valence-electron chi connectivity index (χ3n) is 3.39. The largest absolute Gasteiger partial charge is 0.326 e. The van der Waals surface area contributed by atoms with Crippen LogP contribution in [0.4, 0.5) is 0 Å². The number of hydrogen-bond donors (Lipinski definition) is 1. The Kier molecular flexibility index (Phi) is 3.01. The molecule has 0 aliphatic carbocycles. The Hall–Kier alpha value is -2.20. The van der Waals surface area contributed by atoms with Crippen LogP contribution in [0.15, 0.2) is 42.6 Å².